The number of hydrogen-bond acceptors (Lipinski definition) is 5. The Morgan fingerprint density at radius 3 is 2.48 bits per heavy atom. The minimum Gasteiger partial charge on any atom is -0.481 e. The minimum absolute atomic E-state index is 0.164. The topological polar surface area (TPSA) is 93.1 Å². The standard InChI is InChI=1S/C18H26O6Si/c1-25(2,3)13-9-8-10-14(19)17-15(23-18(22)24-17)11-6-4-5-7-12-16(20)21/h14-15,17,19H,4-7,11-12H2,1-3H3,(H,20,21)/t14-,15-,17-/m0/s1. The van der Waals surface area contributed by atoms with E-state index in [1.165, 1.54) is 0 Å². The minimum atomic E-state index is -1.51. The van der Waals surface area contributed by atoms with Gasteiger partial charge in [-0.05, 0) is 31.1 Å². The van der Waals surface area contributed by atoms with Gasteiger partial charge in [0.15, 0.2) is 12.2 Å². The van der Waals surface area contributed by atoms with E-state index >= 15 is 0 Å². The molecule has 0 saturated carbocycles. The first kappa shape index (κ1) is 21.1. The first-order valence-corrected chi connectivity index (χ1v) is 12.0. The maximum Gasteiger partial charge on any atom is 0.509 e. The van der Waals surface area contributed by atoms with Gasteiger partial charge in [0.25, 0.3) is 0 Å². The van der Waals surface area contributed by atoms with Crippen LogP contribution in [0.5, 0.6) is 0 Å². The number of cyclic esters (lactones) is 2. The molecule has 0 bridgehead atoms. The SMILES string of the molecule is C[Si](C)(C)C#CC#C[C@H](O)[C@@H]1OC(=O)O[C@H]1CCCCCCC(=O)O. The monoisotopic (exact) mass is 366 g/mol. The van der Waals surface area contributed by atoms with Gasteiger partial charge >= 0.3 is 12.1 Å². The van der Waals surface area contributed by atoms with Gasteiger partial charge in [-0.25, -0.2) is 4.79 Å². The highest BCUT2D eigenvalue weighted by molar-refractivity contribution is 6.83. The number of hydrogen-bond donors (Lipinski definition) is 2. The van der Waals surface area contributed by atoms with Crippen molar-refractivity contribution in [3.8, 4) is 23.3 Å². The third-order valence-electron chi connectivity index (χ3n) is 3.51. The number of aliphatic carboxylic acids is 1. The summed E-state index contributed by atoms with van der Waals surface area (Å²) in [5.74, 6) is 7.17. The zero-order valence-electron chi connectivity index (χ0n) is 15.0. The zero-order valence-corrected chi connectivity index (χ0v) is 16.0. The van der Waals surface area contributed by atoms with Crippen LogP contribution >= 0.6 is 0 Å². The Labute approximate surface area is 149 Å². The summed E-state index contributed by atoms with van der Waals surface area (Å²) in [5.41, 5.74) is 3.07. The first-order valence-electron chi connectivity index (χ1n) is 8.49. The van der Waals surface area contributed by atoms with E-state index in [1.54, 1.807) is 0 Å². The number of carbonyl (C=O) groups excluding carboxylic acids is 1. The molecule has 1 aliphatic heterocycles. The molecule has 1 fully saturated rings. The highest BCUT2D eigenvalue weighted by Gasteiger charge is 2.40. The number of aliphatic hydroxyl groups excluding tert-OH is 1. The molecule has 0 aromatic carbocycles. The van der Waals surface area contributed by atoms with Gasteiger partial charge in [-0.3, -0.25) is 4.79 Å². The highest BCUT2D eigenvalue weighted by atomic mass is 28.3. The number of carbonyl (C=O) groups is 2. The number of unbranched alkanes of at least 4 members (excludes halogenated alkanes) is 3. The molecule has 0 unspecified atom stereocenters. The van der Waals surface area contributed by atoms with Gasteiger partial charge in [0, 0.05) is 6.42 Å². The fourth-order valence-electron chi connectivity index (χ4n) is 2.28. The molecule has 0 aliphatic carbocycles. The molecule has 6 nitrogen and oxygen atoms in total. The molecule has 1 saturated heterocycles. The smallest absolute Gasteiger partial charge is 0.481 e. The summed E-state index contributed by atoms with van der Waals surface area (Å²) >= 11 is 0. The van der Waals surface area contributed by atoms with Gasteiger partial charge < -0.3 is 19.7 Å². The Morgan fingerprint density at radius 2 is 1.84 bits per heavy atom. The van der Waals surface area contributed by atoms with Gasteiger partial charge in [0.05, 0.1) is 0 Å². The van der Waals surface area contributed by atoms with Crippen molar-refractivity contribution < 1.29 is 29.3 Å². The quantitative estimate of drug-likeness (QED) is 0.297. The second-order valence-electron chi connectivity index (χ2n) is 7.05. The van der Waals surface area contributed by atoms with Crippen molar-refractivity contribution in [1.29, 1.82) is 0 Å². The zero-order chi connectivity index (χ0) is 18.9. The number of ether oxygens (including phenoxy) is 2. The summed E-state index contributed by atoms with van der Waals surface area (Å²) in [4.78, 5) is 21.8. The van der Waals surface area contributed by atoms with Crippen LogP contribution in [0.2, 0.25) is 19.6 Å². The van der Waals surface area contributed by atoms with Crippen molar-refractivity contribution in [2.45, 2.75) is 76.5 Å². The van der Waals surface area contributed by atoms with Gasteiger partial charge in [0.1, 0.15) is 14.2 Å². The van der Waals surface area contributed by atoms with E-state index < -0.39 is 38.5 Å². The van der Waals surface area contributed by atoms with Crippen LogP contribution in [-0.4, -0.2) is 48.7 Å². The normalized spacial score (nSPS) is 20.4. The van der Waals surface area contributed by atoms with Crippen LogP contribution in [0.1, 0.15) is 38.5 Å². The Bertz CT molecular complexity index is 587. The maximum absolute atomic E-state index is 11.3. The molecule has 2 N–H and O–H groups in total. The average molecular weight is 366 g/mol. The molecule has 0 aromatic heterocycles. The fourth-order valence-corrected chi connectivity index (χ4v) is 2.72. The van der Waals surface area contributed by atoms with E-state index in [-0.39, 0.29) is 6.42 Å². The molecule has 3 atom stereocenters. The van der Waals surface area contributed by atoms with Crippen molar-refractivity contribution in [3.63, 3.8) is 0 Å². The summed E-state index contributed by atoms with van der Waals surface area (Å²) in [7, 11) is -1.51. The molecule has 1 aliphatic rings. The molecule has 0 spiro atoms. The molecule has 0 aromatic rings. The number of carboxylic acid groups (broad SMARTS) is 1. The van der Waals surface area contributed by atoms with Crippen molar-refractivity contribution >= 4 is 20.2 Å². The molecule has 0 radical (unpaired) electrons. The van der Waals surface area contributed by atoms with Crippen molar-refractivity contribution in [2.75, 3.05) is 0 Å². The lowest BCUT2D eigenvalue weighted by atomic mass is 10.0. The van der Waals surface area contributed by atoms with E-state index in [0.717, 1.165) is 19.3 Å². The van der Waals surface area contributed by atoms with Crippen LogP contribution < -0.4 is 0 Å². The third kappa shape index (κ3) is 9.18. The molecule has 25 heavy (non-hydrogen) atoms. The second-order valence-corrected chi connectivity index (χ2v) is 11.8. The lowest BCUT2D eigenvalue weighted by Crippen LogP contribution is -2.34. The number of aliphatic hydroxyl groups is 1. The Hall–Kier alpha value is -1.96. The largest absolute Gasteiger partial charge is 0.509 e. The van der Waals surface area contributed by atoms with Crippen LogP contribution in [0.4, 0.5) is 4.79 Å². The Kier molecular flexibility index (Phi) is 8.54. The van der Waals surface area contributed by atoms with Crippen LogP contribution in [-0.2, 0) is 14.3 Å². The van der Waals surface area contributed by atoms with Gasteiger partial charge in [-0.2, -0.15) is 0 Å². The Balaban J connectivity index is 2.45. The summed E-state index contributed by atoms with van der Waals surface area (Å²) in [6, 6.07) is 0. The van der Waals surface area contributed by atoms with Gasteiger partial charge in [-0.1, -0.05) is 38.4 Å². The number of carboxylic acids is 1. The van der Waals surface area contributed by atoms with Crippen molar-refractivity contribution in [3.05, 3.63) is 0 Å². The van der Waals surface area contributed by atoms with Gasteiger partial charge in [0.2, 0.25) is 0 Å². The maximum atomic E-state index is 11.3. The van der Waals surface area contributed by atoms with Crippen molar-refractivity contribution in [1.82, 2.24) is 0 Å². The van der Waals surface area contributed by atoms with E-state index in [9.17, 15) is 14.7 Å². The van der Waals surface area contributed by atoms with Gasteiger partial charge in [-0.15, -0.1) is 5.54 Å². The van der Waals surface area contributed by atoms with Crippen LogP contribution in [0.3, 0.4) is 0 Å². The summed E-state index contributed by atoms with van der Waals surface area (Å²) in [6.45, 7) is 6.28. The lowest BCUT2D eigenvalue weighted by molar-refractivity contribution is -0.137. The molecule has 7 heteroatoms. The van der Waals surface area contributed by atoms with Crippen molar-refractivity contribution in [2.24, 2.45) is 0 Å². The molecule has 0 amide bonds. The molecule has 1 heterocycles. The molecular formula is C18H26O6Si. The summed E-state index contributed by atoms with van der Waals surface area (Å²) in [6.07, 6.45) is 0.434. The molecule has 138 valence electrons. The van der Waals surface area contributed by atoms with E-state index in [2.05, 4.69) is 42.9 Å². The first-order chi connectivity index (χ1) is 11.7. The van der Waals surface area contributed by atoms with Crippen LogP contribution in [0.25, 0.3) is 0 Å². The lowest BCUT2D eigenvalue weighted by Gasteiger charge is -2.16. The van der Waals surface area contributed by atoms with E-state index in [4.69, 9.17) is 14.6 Å². The predicted molar refractivity (Wildman–Crippen MR) is 95.4 cm³/mol. The summed E-state index contributed by atoms with van der Waals surface area (Å²) < 4.78 is 10.1. The van der Waals surface area contributed by atoms with E-state index in [1.807, 2.05) is 0 Å². The highest BCUT2D eigenvalue weighted by Crippen LogP contribution is 2.23. The fraction of sp³-hybridized carbons (Fsp3) is 0.667. The summed E-state index contributed by atoms with van der Waals surface area (Å²) in [5, 5.41) is 18.7. The molecule has 1 rings (SSSR count). The van der Waals surface area contributed by atoms with Crippen LogP contribution in [0.15, 0.2) is 0 Å². The predicted octanol–water partition coefficient (Wildman–Crippen LogP) is 2.56. The Morgan fingerprint density at radius 1 is 1.16 bits per heavy atom. The second kappa shape index (κ2) is 10.1. The van der Waals surface area contributed by atoms with Crippen LogP contribution in [0, 0.1) is 23.3 Å². The third-order valence-corrected chi connectivity index (χ3v) is 4.38. The average Bonchev–Trinajstić information content (AvgIpc) is 2.87. The molecular weight excluding hydrogens is 340 g/mol. The van der Waals surface area contributed by atoms with E-state index in [0.29, 0.717) is 12.8 Å². The number of rotatable bonds is 8.